The zero-order valence-corrected chi connectivity index (χ0v) is 24.0. The molecule has 0 radical (unpaired) electrons. The van der Waals surface area contributed by atoms with Crippen LogP contribution in [-0.2, 0) is 9.53 Å². The summed E-state index contributed by atoms with van der Waals surface area (Å²) in [7, 11) is 1.45. The van der Waals surface area contributed by atoms with Crippen molar-refractivity contribution < 1.29 is 23.4 Å². The zero-order valence-electron chi connectivity index (χ0n) is 21.7. The predicted octanol–water partition coefficient (Wildman–Crippen LogP) is 6.45. The van der Waals surface area contributed by atoms with E-state index < -0.39 is 5.97 Å². The molecule has 5 aromatic rings. The van der Waals surface area contributed by atoms with Gasteiger partial charge in [-0.15, -0.1) is 0 Å². The second-order valence-electron chi connectivity index (χ2n) is 8.97. The standard InChI is InChI=1S/C29H23BrClN3O6/c1-16(2)39-26(35)15-38-27-21(31)10-17(11-24(27)37-3)14-32-34-28(33-22-7-5-4-6-20(22)29(34)36)25-13-18-12-19(30)8-9-23(18)40-25/h4-14,16H,15H2,1-3H3. The van der Waals surface area contributed by atoms with Crippen LogP contribution < -0.4 is 15.0 Å². The summed E-state index contributed by atoms with van der Waals surface area (Å²) in [5, 5.41) is 5.88. The highest BCUT2D eigenvalue weighted by molar-refractivity contribution is 9.10. The third-order valence-corrected chi connectivity index (χ3v) is 6.50. The maximum absolute atomic E-state index is 13.5. The van der Waals surface area contributed by atoms with Crippen molar-refractivity contribution in [3.05, 3.63) is 86.1 Å². The van der Waals surface area contributed by atoms with Gasteiger partial charge in [-0.05, 0) is 67.9 Å². The van der Waals surface area contributed by atoms with Crippen molar-refractivity contribution >= 4 is 61.6 Å². The second-order valence-corrected chi connectivity index (χ2v) is 10.3. The third-order valence-electron chi connectivity index (χ3n) is 5.73. The van der Waals surface area contributed by atoms with Gasteiger partial charge in [-0.25, -0.2) is 9.78 Å². The Hall–Kier alpha value is -4.15. The number of carbonyl (C=O) groups excluding carboxylic acids is 1. The van der Waals surface area contributed by atoms with Crippen LogP contribution in [0, 0.1) is 0 Å². The van der Waals surface area contributed by atoms with Crippen LogP contribution in [0.5, 0.6) is 11.5 Å². The van der Waals surface area contributed by atoms with Crippen LogP contribution in [0.4, 0.5) is 0 Å². The summed E-state index contributed by atoms with van der Waals surface area (Å²) in [5.74, 6) is 0.529. The number of methoxy groups -OCH3 is 1. The van der Waals surface area contributed by atoms with Crippen molar-refractivity contribution in [3.8, 4) is 23.1 Å². The Morgan fingerprint density at radius 3 is 2.75 bits per heavy atom. The number of aromatic nitrogens is 2. The molecule has 0 aliphatic heterocycles. The first kappa shape index (κ1) is 27.4. The normalized spacial score (nSPS) is 11.6. The number of hydrogen-bond acceptors (Lipinski definition) is 8. The fourth-order valence-electron chi connectivity index (χ4n) is 4.02. The lowest BCUT2D eigenvalue weighted by Gasteiger charge is -2.14. The van der Waals surface area contributed by atoms with E-state index in [-0.39, 0.29) is 40.6 Å². The Morgan fingerprint density at radius 1 is 1.18 bits per heavy atom. The Kier molecular flexibility index (Phi) is 7.90. The molecule has 5 rings (SSSR count). The minimum Gasteiger partial charge on any atom is -0.493 e. The van der Waals surface area contributed by atoms with Gasteiger partial charge in [0.2, 0.25) is 5.82 Å². The fraction of sp³-hybridized carbons (Fsp3) is 0.172. The summed E-state index contributed by atoms with van der Waals surface area (Å²) < 4.78 is 24.2. The molecule has 0 N–H and O–H groups in total. The molecule has 0 spiro atoms. The molecule has 0 aliphatic carbocycles. The minimum atomic E-state index is -0.535. The van der Waals surface area contributed by atoms with E-state index in [1.54, 1.807) is 50.2 Å². The van der Waals surface area contributed by atoms with Crippen molar-refractivity contribution in [2.45, 2.75) is 20.0 Å². The number of halogens is 2. The molecule has 0 unspecified atom stereocenters. The highest BCUT2D eigenvalue weighted by atomic mass is 79.9. The quantitative estimate of drug-likeness (QED) is 0.144. The maximum Gasteiger partial charge on any atom is 0.344 e. The van der Waals surface area contributed by atoms with Gasteiger partial charge in [-0.1, -0.05) is 39.7 Å². The van der Waals surface area contributed by atoms with E-state index in [2.05, 4.69) is 21.0 Å². The fourth-order valence-corrected chi connectivity index (χ4v) is 4.67. The molecule has 3 aromatic carbocycles. The van der Waals surface area contributed by atoms with Crippen molar-refractivity contribution in [3.63, 3.8) is 0 Å². The lowest BCUT2D eigenvalue weighted by Crippen LogP contribution is -2.20. The minimum absolute atomic E-state index is 0.181. The highest BCUT2D eigenvalue weighted by Crippen LogP contribution is 2.36. The lowest BCUT2D eigenvalue weighted by molar-refractivity contribution is -0.149. The number of carbonyl (C=O) groups is 1. The van der Waals surface area contributed by atoms with E-state index in [0.717, 1.165) is 9.86 Å². The van der Waals surface area contributed by atoms with E-state index in [1.807, 2.05) is 24.3 Å². The van der Waals surface area contributed by atoms with E-state index in [1.165, 1.54) is 18.0 Å². The van der Waals surface area contributed by atoms with Gasteiger partial charge in [0.05, 0.1) is 35.4 Å². The van der Waals surface area contributed by atoms with Crippen molar-refractivity contribution in [2.24, 2.45) is 5.10 Å². The van der Waals surface area contributed by atoms with Crippen molar-refractivity contribution in [1.82, 2.24) is 9.66 Å². The van der Waals surface area contributed by atoms with E-state index in [0.29, 0.717) is 27.8 Å². The first-order valence-corrected chi connectivity index (χ1v) is 13.4. The molecule has 0 saturated carbocycles. The van der Waals surface area contributed by atoms with Crippen LogP contribution in [0.25, 0.3) is 33.5 Å². The van der Waals surface area contributed by atoms with Crippen LogP contribution in [0.2, 0.25) is 5.02 Å². The van der Waals surface area contributed by atoms with Crippen LogP contribution in [-0.4, -0.2) is 41.7 Å². The molecule has 0 amide bonds. The summed E-state index contributed by atoms with van der Waals surface area (Å²) in [4.78, 5) is 30.1. The Labute approximate surface area is 242 Å². The predicted molar refractivity (Wildman–Crippen MR) is 157 cm³/mol. The van der Waals surface area contributed by atoms with Gasteiger partial charge >= 0.3 is 5.97 Å². The molecular weight excluding hydrogens is 602 g/mol. The number of nitrogens with zero attached hydrogens (tertiary/aromatic N) is 3. The topological polar surface area (TPSA) is 105 Å². The molecule has 0 bridgehead atoms. The summed E-state index contributed by atoms with van der Waals surface area (Å²) >= 11 is 9.93. The van der Waals surface area contributed by atoms with Crippen LogP contribution in [0.15, 0.2) is 79.4 Å². The third kappa shape index (κ3) is 5.73. The molecule has 40 heavy (non-hydrogen) atoms. The van der Waals surface area contributed by atoms with Gasteiger partial charge in [0, 0.05) is 9.86 Å². The number of fused-ring (bicyclic) bond motifs is 2. The summed E-state index contributed by atoms with van der Waals surface area (Å²) in [6.45, 7) is 3.15. The first-order chi connectivity index (χ1) is 19.2. The van der Waals surface area contributed by atoms with Gasteiger partial charge in [-0.2, -0.15) is 9.78 Å². The van der Waals surface area contributed by atoms with Crippen molar-refractivity contribution in [2.75, 3.05) is 13.7 Å². The molecular formula is C29H23BrClN3O6. The van der Waals surface area contributed by atoms with E-state index >= 15 is 0 Å². The number of benzene rings is 3. The average molecular weight is 625 g/mol. The molecule has 0 fully saturated rings. The van der Waals surface area contributed by atoms with Crippen LogP contribution >= 0.6 is 27.5 Å². The Balaban J connectivity index is 1.55. The number of hydrogen-bond donors (Lipinski definition) is 0. The van der Waals surface area contributed by atoms with Gasteiger partial charge in [0.15, 0.2) is 23.9 Å². The number of para-hydroxylation sites is 1. The van der Waals surface area contributed by atoms with Gasteiger partial charge < -0.3 is 18.6 Å². The molecule has 2 heterocycles. The largest absolute Gasteiger partial charge is 0.493 e. The Morgan fingerprint density at radius 2 is 1.98 bits per heavy atom. The molecule has 0 atom stereocenters. The van der Waals surface area contributed by atoms with Gasteiger partial charge in [0.25, 0.3) is 5.56 Å². The van der Waals surface area contributed by atoms with Gasteiger partial charge in [-0.3, -0.25) is 4.79 Å². The van der Waals surface area contributed by atoms with E-state index in [4.69, 9.17) is 35.2 Å². The molecule has 0 aliphatic rings. The average Bonchev–Trinajstić information content (AvgIpc) is 3.34. The summed E-state index contributed by atoms with van der Waals surface area (Å²) in [6, 6.07) is 17.6. The second kappa shape index (κ2) is 11.5. The number of furan rings is 1. The van der Waals surface area contributed by atoms with Crippen LogP contribution in [0.3, 0.4) is 0 Å². The van der Waals surface area contributed by atoms with Crippen molar-refractivity contribution in [1.29, 1.82) is 0 Å². The molecule has 11 heteroatoms. The monoisotopic (exact) mass is 623 g/mol. The highest BCUT2D eigenvalue weighted by Gasteiger charge is 2.18. The number of ether oxygens (including phenoxy) is 3. The molecule has 204 valence electrons. The van der Waals surface area contributed by atoms with Gasteiger partial charge in [0.1, 0.15) is 5.58 Å². The summed E-state index contributed by atoms with van der Waals surface area (Å²) in [5.41, 5.74) is 1.29. The number of esters is 1. The molecule has 9 nitrogen and oxygen atoms in total. The molecule has 2 aromatic heterocycles. The SMILES string of the molecule is COc1cc(C=Nn2c(-c3cc4cc(Br)ccc4o3)nc3ccccc3c2=O)cc(Cl)c1OCC(=O)OC(C)C. The van der Waals surface area contributed by atoms with E-state index in [9.17, 15) is 9.59 Å². The number of rotatable bonds is 8. The van der Waals surface area contributed by atoms with Crippen LogP contribution in [0.1, 0.15) is 19.4 Å². The maximum atomic E-state index is 13.5. The Bertz CT molecular complexity index is 1830. The molecule has 0 saturated heterocycles. The zero-order chi connectivity index (χ0) is 28.4. The lowest BCUT2D eigenvalue weighted by atomic mass is 10.2. The summed E-state index contributed by atoms with van der Waals surface area (Å²) in [6.07, 6.45) is 1.18. The smallest absolute Gasteiger partial charge is 0.344 e. The first-order valence-electron chi connectivity index (χ1n) is 12.2.